The van der Waals surface area contributed by atoms with Gasteiger partial charge < -0.3 is 28.5 Å². The van der Waals surface area contributed by atoms with Crippen molar-refractivity contribution in [2.24, 2.45) is 0 Å². The number of esters is 1. The maximum atomic E-state index is 13.4. The van der Waals surface area contributed by atoms with Crippen LogP contribution in [0.3, 0.4) is 0 Å². The number of allylic oxidation sites excluding steroid dienone is 3. The van der Waals surface area contributed by atoms with Crippen LogP contribution in [0.5, 0.6) is 0 Å². The van der Waals surface area contributed by atoms with Gasteiger partial charge in [0.25, 0.3) is 7.82 Å². The number of carbonyl (C=O) groups is 2. The Morgan fingerprint density at radius 1 is 0.523 bits per heavy atom. The minimum atomic E-state index is -4.68. The SMILES string of the molecule is CCCCCCCC/C=C/CCCCCCCCCC(=O)OC(/C=C/CCCCCCCCCCC)C(COP(=O)([O-])OCC[N+](C)(C)C)NC(=O)CCCCCCCCCCCCC. The van der Waals surface area contributed by atoms with Crippen LogP contribution in [0.1, 0.15) is 265 Å². The highest BCUT2D eigenvalue weighted by Crippen LogP contribution is 2.38. The van der Waals surface area contributed by atoms with Crippen molar-refractivity contribution in [1.82, 2.24) is 5.32 Å². The van der Waals surface area contributed by atoms with E-state index in [0.717, 1.165) is 70.6 Å². The summed E-state index contributed by atoms with van der Waals surface area (Å²) >= 11 is 0. The van der Waals surface area contributed by atoms with Crippen molar-refractivity contribution in [3.63, 3.8) is 0 Å². The Morgan fingerprint density at radius 2 is 0.892 bits per heavy atom. The van der Waals surface area contributed by atoms with E-state index in [-0.39, 0.29) is 31.5 Å². The third-order valence-electron chi connectivity index (χ3n) is 12.4. The predicted molar refractivity (Wildman–Crippen MR) is 275 cm³/mol. The molecule has 0 aliphatic carbocycles. The second-order valence-corrected chi connectivity index (χ2v) is 21.5. The van der Waals surface area contributed by atoms with Gasteiger partial charge in [0.15, 0.2) is 0 Å². The fourth-order valence-corrected chi connectivity index (χ4v) is 8.77. The van der Waals surface area contributed by atoms with Crippen molar-refractivity contribution in [1.29, 1.82) is 0 Å². The summed E-state index contributed by atoms with van der Waals surface area (Å²) in [6.45, 7) is 6.83. The van der Waals surface area contributed by atoms with Crippen molar-refractivity contribution in [2.75, 3.05) is 40.9 Å². The molecule has 0 spiro atoms. The Bertz CT molecular complexity index is 1170. The van der Waals surface area contributed by atoms with E-state index in [9.17, 15) is 19.0 Å². The number of ether oxygens (including phenoxy) is 1. The van der Waals surface area contributed by atoms with Gasteiger partial charge in [-0.3, -0.25) is 14.2 Å². The van der Waals surface area contributed by atoms with Gasteiger partial charge in [0, 0.05) is 12.8 Å². The standard InChI is InChI=1S/C55H107N2O7P/c1-7-10-13-16-19-22-25-26-27-28-29-30-33-36-39-42-45-48-55(59)64-53(46-43-40-37-34-31-23-20-17-14-11-8-2)52(51-63-65(60,61)62-50-49-57(4,5)6)56-54(58)47-44-41-38-35-32-24-21-18-15-12-9-3/h26-27,43,46,52-53H,7-25,28-42,44-45,47-51H2,1-6H3,(H-,56,58,60,61)/b27-26+,46-43+. The van der Waals surface area contributed by atoms with E-state index in [4.69, 9.17) is 13.8 Å². The lowest BCUT2D eigenvalue weighted by Crippen LogP contribution is -2.47. The molecule has 1 N–H and O–H groups in total. The van der Waals surface area contributed by atoms with Gasteiger partial charge in [0.1, 0.15) is 19.3 Å². The summed E-state index contributed by atoms with van der Waals surface area (Å²) < 4.78 is 30.1. The predicted octanol–water partition coefficient (Wildman–Crippen LogP) is 15.6. The summed E-state index contributed by atoms with van der Waals surface area (Å²) in [5.41, 5.74) is 0. The van der Waals surface area contributed by atoms with E-state index >= 15 is 0 Å². The number of rotatable bonds is 50. The molecule has 3 unspecified atom stereocenters. The number of phosphoric ester groups is 1. The number of quaternary nitrogens is 1. The number of nitrogens with zero attached hydrogens (tertiary/aromatic N) is 1. The van der Waals surface area contributed by atoms with Gasteiger partial charge in [-0.05, 0) is 57.4 Å². The second kappa shape index (κ2) is 46.2. The minimum Gasteiger partial charge on any atom is -0.756 e. The topological polar surface area (TPSA) is 114 Å². The lowest BCUT2D eigenvalue weighted by molar-refractivity contribution is -0.870. The highest BCUT2D eigenvalue weighted by atomic mass is 31.2. The monoisotopic (exact) mass is 939 g/mol. The first-order chi connectivity index (χ1) is 31.4. The van der Waals surface area contributed by atoms with Crippen molar-refractivity contribution in [2.45, 2.75) is 277 Å². The molecule has 0 bridgehead atoms. The molecule has 0 saturated heterocycles. The lowest BCUT2D eigenvalue weighted by atomic mass is 10.0. The van der Waals surface area contributed by atoms with Crippen molar-refractivity contribution < 1.29 is 37.3 Å². The smallest absolute Gasteiger partial charge is 0.306 e. The van der Waals surface area contributed by atoms with Crippen LogP contribution in [-0.4, -0.2) is 69.4 Å². The highest BCUT2D eigenvalue weighted by molar-refractivity contribution is 7.45. The van der Waals surface area contributed by atoms with Crippen LogP contribution in [0.15, 0.2) is 24.3 Å². The molecular weight excluding hydrogens is 832 g/mol. The maximum Gasteiger partial charge on any atom is 0.306 e. The third-order valence-corrected chi connectivity index (χ3v) is 13.3. The van der Waals surface area contributed by atoms with Crippen LogP contribution >= 0.6 is 7.82 Å². The molecule has 384 valence electrons. The van der Waals surface area contributed by atoms with Gasteiger partial charge in [0.05, 0.1) is 33.8 Å². The van der Waals surface area contributed by atoms with E-state index in [1.807, 2.05) is 33.3 Å². The van der Waals surface area contributed by atoms with Crippen molar-refractivity contribution in [3.8, 4) is 0 Å². The molecule has 0 rings (SSSR count). The molecule has 0 heterocycles. The Kier molecular flexibility index (Phi) is 45.2. The van der Waals surface area contributed by atoms with Crippen LogP contribution in [0.4, 0.5) is 0 Å². The molecule has 0 saturated carbocycles. The first-order valence-electron chi connectivity index (χ1n) is 27.6. The number of likely N-dealkylation sites (N-methyl/N-ethyl adjacent to an activating group) is 1. The van der Waals surface area contributed by atoms with E-state index in [2.05, 4.69) is 38.2 Å². The number of amides is 1. The van der Waals surface area contributed by atoms with Gasteiger partial charge in [-0.2, -0.15) is 0 Å². The molecule has 0 aromatic heterocycles. The number of carbonyl (C=O) groups excluding carboxylic acids is 2. The molecule has 65 heavy (non-hydrogen) atoms. The van der Waals surface area contributed by atoms with E-state index in [0.29, 0.717) is 17.4 Å². The zero-order valence-electron chi connectivity index (χ0n) is 43.7. The third kappa shape index (κ3) is 47.4. The quantitative estimate of drug-likeness (QED) is 0.0212. The molecule has 0 fully saturated rings. The van der Waals surface area contributed by atoms with Gasteiger partial charge in [-0.25, -0.2) is 0 Å². The number of hydrogen-bond acceptors (Lipinski definition) is 7. The Labute approximate surface area is 403 Å². The van der Waals surface area contributed by atoms with Gasteiger partial charge >= 0.3 is 5.97 Å². The molecule has 0 aromatic rings. The molecule has 1 amide bonds. The first kappa shape index (κ1) is 63.5. The van der Waals surface area contributed by atoms with E-state index < -0.39 is 20.0 Å². The fraction of sp³-hybridized carbons (Fsp3) is 0.891. The highest BCUT2D eigenvalue weighted by Gasteiger charge is 2.27. The Hall–Kier alpha value is -1.51. The number of hydrogen-bond donors (Lipinski definition) is 1. The molecular formula is C55H107N2O7P. The van der Waals surface area contributed by atoms with E-state index in [1.165, 1.54) is 161 Å². The zero-order chi connectivity index (χ0) is 48.0. The van der Waals surface area contributed by atoms with Crippen LogP contribution in [0, 0.1) is 0 Å². The Morgan fingerprint density at radius 3 is 1.31 bits per heavy atom. The zero-order valence-corrected chi connectivity index (χ0v) is 44.6. The largest absolute Gasteiger partial charge is 0.756 e. The van der Waals surface area contributed by atoms with Crippen LogP contribution in [0.25, 0.3) is 0 Å². The fourth-order valence-electron chi connectivity index (χ4n) is 8.05. The molecule has 0 aliphatic rings. The van der Waals surface area contributed by atoms with Crippen LogP contribution in [-0.2, 0) is 27.9 Å². The minimum absolute atomic E-state index is 0.0199. The van der Waals surface area contributed by atoms with E-state index in [1.54, 1.807) is 0 Å². The summed E-state index contributed by atoms with van der Waals surface area (Å²) in [6.07, 6.45) is 51.4. The summed E-state index contributed by atoms with van der Waals surface area (Å²) in [5.74, 6) is -0.539. The molecule has 10 heteroatoms. The average molecular weight is 939 g/mol. The average Bonchev–Trinajstić information content (AvgIpc) is 3.26. The Balaban J connectivity index is 5.31. The summed E-state index contributed by atoms with van der Waals surface area (Å²) in [5, 5.41) is 3.01. The summed E-state index contributed by atoms with van der Waals surface area (Å²) in [6, 6.07) is -0.881. The molecule has 9 nitrogen and oxygen atoms in total. The van der Waals surface area contributed by atoms with Gasteiger partial charge in [-0.15, -0.1) is 0 Å². The number of phosphoric acid groups is 1. The second-order valence-electron chi connectivity index (χ2n) is 20.1. The number of nitrogens with one attached hydrogen (secondary N) is 1. The first-order valence-corrected chi connectivity index (χ1v) is 29.1. The molecule has 0 radical (unpaired) electrons. The maximum absolute atomic E-state index is 13.4. The van der Waals surface area contributed by atoms with Gasteiger partial charge in [0.2, 0.25) is 5.91 Å². The normalized spacial score (nSPS) is 14.0. The van der Waals surface area contributed by atoms with Crippen molar-refractivity contribution >= 4 is 19.7 Å². The molecule has 3 atom stereocenters. The van der Waals surface area contributed by atoms with Gasteiger partial charge in [-0.1, -0.05) is 219 Å². The summed E-state index contributed by atoms with van der Waals surface area (Å²) in [4.78, 5) is 39.7. The van der Waals surface area contributed by atoms with Crippen LogP contribution in [0.2, 0.25) is 0 Å². The molecule has 0 aliphatic heterocycles. The van der Waals surface area contributed by atoms with Crippen molar-refractivity contribution in [3.05, 3.63) is 24.3 Å². The summed E-state index contributed by atoms with van der Waals surface area (Å²) in [7, 11) is 1.19. The molecule has 0 aromatic carbocycles. The van der Waals surface area contributed by atoms with Crippen LogP contribution < -0.4 is 10.2 Å². The number of unbranched alkanes of at least 4 members (excludes halogenated alkanes) is 32. The lowest BCUT2D eigenvalue weighted by Gasteiger charge is -2.30.